The molecule has 3 heterocycles. The van der Waals surface area contributed by atoms with Gasteiger partial charge < -0.3 is 9.72 Å². The SMILES string of the molecule is O=S(=O)(c1cc(Cl)cc(Cl)c1)N1CC[C@@H](Oc2ccc(-c3ccnc4[nH]ccc34)cc2F)C1. The summed E-state index contributed by atoms with van der Waals surface area (Å²) in [5, 5.41) is 1.37. The van der Waals surface area contributed by atoms with E-state index >= 15 is 0 Å². The fourth-order valence-electron chi connectivity index (χ4n) is 3.99. The summed E-state index contributed by atoms with van der Waals surface area (Å²) in [4.78, 5) is 7.31. The molecule has 33 heavy (non-hydrogen) atoms. The lowest BCUT2D eigenvalue weighted by Crippen LogP contribution is -2.31. The Balaban J connectivity index is 1.33. The van der Waals surface area contributed by atoms with Crippen molar-refractivity contribution in [2.45, 2.75) is 17.4 Å². The summed E-state index contributed by atoms with van der Waals surface area (Å²) in [5.74, 6) is -0.441. The molecule has 0 bridgehead atoms. The van der Waals surface area contributed by atoms with E-state index in [1.54, 1.807) is 24.5 Å². The largest absolute Gasteiger partial charge is 0.486 e. The van der Waals surface area contributed by atoms with Crippen LogP contribution in [0.2, 0.25) is 10.0 Å². The van der Waals surface area contributed by atoms with Crippen LogP contribution in [0.5, 0.6) is 5.75 Å². The standard InChI is InChI=1S/C23H18Cl2FN3O3S/c24-15-10-16(25)12-18(11-15)33(30,31)29-8-5-17(13-29)32-22-2-1-14(9-21(22)26)19-3-6-27-23-20(19)4-7-28-23/h1-4,6-7,9-12,17H,5,8,13H2,(H,27,28)/t17-/m1/s1. The van der Waals surface area contributed by atoms with Crippen molar-refractivity contribution in [2.75, 3.05) is 13.1 Å². The number of pyridine rings is 1. The highest BCUT2D eigenvalue weighted by Gasteiger charge is 2.34. The zero-order valence-corrected chi connectivity index (χ0v) is 19.5. The van der Waals surface area contributed by atoms with Gasteiger partial charge in [0.05, 0.1) is 11.4 Å². The summed E-state index contributed by atoms with van der Waals surface area (Å²) in [6, 6.07) is 12.7. The average Bonchev–Trinajstić information content (AvgIpc) is 3.44. The molecule has 2 aromatic carbocycles. The predicted octanol–water partition coefficient (Wildman–Crippen LogP) is 5.52. The number of halogens is 3. The Hall–Kier alpha value is -2.65. The minimum atomic E-state index is -3.80. The first-order valence-corrected chi connectivity index (χ1v) is 12.4. The third-order valence-electron chi connectivity index (χ3n) is 5.58. The van der Waals surface area contributed by atoms with Crippen LogP contribution in [-0.2, 0) is 10.0 Å². The Morgan fingerprint density at radius 2 is 1.88 bits per heavy atom. The van der Waals surface area contributed by atoms with Gasteiger partial charge in [-0.2, -0.15) is 4.31 Å². The van der Waals surface area contributed by atoms with Crippen molar-refractivity contribution in [2.24, 2.45) is 0 Å². The number of nitrogens with zero attached hydrogens (tertiary/aromatic N) is 2. The zero-order chi connectivity index (χ0) is 23.2. The molecule has 2 aromatic heterocycles. The molecule has 1 atom stereocenters. The van der Waals surface area contributed by atoms with Crippen molar-refractivity contribution >= 4 is 44.3 Å². The number of fused-ring (bicyclic) bond motifs is 1. The van der Waals surface area contributed by atoms with E-state index in [2.05, 4.69) is 9.97 Å². The Morgan fingerprint density at radius 3 is 2.64 bits per heavy atom. The maximum absolute atomic E-state index is 14.9. The van der Waals surface area contributed by atoms with Gasteiger partial charge in [0.2, 0.25) is 10.0 Å². The monoisotopic (exact) mass is 505 g/mol. The Bertz CT molecular complexity index is 1440. The number of benzene rings is 2. The van der Waals surface area contributed by atoms with Gasteiger partial charge in [-0.1, -0.05) is 29.3 Å². The first-order chi connectivity index (χ1) is 15.8. The number of H-pyrrole nitrogens is 1. The smallest absolute Gasteiger partial charge is 0.243 e. The Labute approximate surface area is 200 Å². The summed E-state index contributed by atoms with van der Waals surface area (Å²) in [7, 11) is -3.80. The number of hydrogen-bond donors (Lipinski definition) is 1. The van der Waals surface area contributed by atoms with Gasteiger partial charge in [-0.15, -0.1) is 0 Å². The van der Waals surface area contributed by atoms with Gasteiger partial charge in [-0.05, 0) is 60.0 Å². The van der Waals surface area contributed by atoms with Crippen LogP contribution in [0.4, 0.5) is 4.39 Å². The van der Waals surface area contributed by atoms with Crippen molar-refractivity contribution in [1.29, 1.82) is 0 Å². The zero-order valence-electron chi connectivity index (χ0n) is 17.1. The molecule has 0 saturated carbocycles. The maximum atomic E-state index is 14.9. The van der Waals surface area contributed by atoms with Crippen molar-refractivity contribution in [1.82, 2.24) is 14.3 Å². The molecule has 0 aliphatic carbocycles. The lowest BCUT2D eigenvalue weighted by atomic mass is 10.0. The number of aromatic amines is 1. The molecule has 10 heteroatoms. The molecule has 0 amide bonds. The van der Waals surface area contributed by atoms with E-state index < -0.39 is 21.9 Å². The number of rotatable bonds is 5. The molecule has 1 fully saturated rings. The van der Waals surface area contributed by atoms with Gasteiger partial charge in [0.15, 0.2) is 11.6 Å². The van der Waals surface area contributed by atoms with Crippen LogP contribution in [0.15, 0.2) is 65.8 Å². The number of hydrogen-bond acceptors (Lipinski definition) is 4. The van der Waals surface area contributed by atoms with E-state index in [1.807, 2.05) is 12.1 Å². The highest BCUT2D eigenvalue weighted by molar-refractivity contribution is 7.89. The predicted molar refractivity (Wildman–Crippen MR) is 126 cm³/mol. The average molecular weight is 506 g/mol. The molecular formula is C23H18Cl2FN3O3S. The van der Waals surface area contributed by atoms with Gasteiger partial charge >= 0.3 is 0 Å². The number of aromatic nitrogens is 2. The summed E-state index contributed by atoms with van der Waals surface area (Å²) in [6.07, 6.45) is 3.40. The molecule has 0 unspecified atom stereocenters. The van der Waals surface area contributed by atoms with E-state index in [-0.39, 0.29) is 33.8 Å². The Morgan fingerprint density at radius 1 is 1.09 bits per heavy atom. The highest BCUT2D eigenvalue weighted by Crippen LogP contribution is 2.32. The molecule has 1 N–H and O–H groups in total. The van der Waals surface area contributed by atoms with E-state index in [0.717, 1.165) is 16.6 Å². The minimum absolute atomic E-state index is 0.0182. The van der Waals surface area contributed by atoms with Crippen molar-refractivity contribution in [3.8, 4) is 16.9 Å². The lowest BCUT2D eigenvalue weighted by molar-refractivity contribution is 0.206. The van der Waals surface area contributed by atoms with Crippen molar-refractivity contribution < 1.29 is 17.5 Å². The molecule has 1 aliphatic rings. The van der Waals surface area contributed by atoms with Crippen molar-refractivity contribution in [3.63, 3.8) is 0 Å². The number of sulfonamides is 1. The molecule has 170 valence electrons. The van der Waals surface area contributed by atoms with Crippen molar-refractivity contribution in [3.05, 3.63) is 76.8 Å². The van der Waals surface area contributed by atoms with Crippen LogP contribution >= 0.6 is 23.2 Å². The van der Waals surface area contributed by atoms with E-state index in [9.17, 15) is 12.8 Å². The Kier molecular flexibility index (Phi) is 5.78. The summed E-state index contributed by atoms with van der Waals surface area (Å²) in [6.45, 7) is 0.349. The first kappa shape index (κ1) is 22.2. The summed E-state index contributed by atoms with van der Waals surface area (Å²) < 4.78 is 47.9. The van der Waals surface area contributed by atoms with Gasteiger partial charge in [-0.3, -0.25) is 0 Å². The molecule has 4 aromatic rings. The molecular weight excluding hydrogens is 488 g/mol. The van der Waals surface area contributed by atoms with E-state index in [4.69, 9.17) is 27.9 Å². The van der Waals surface area contributed by atoms with Crippen LogP contribution in [0.25, 0.3) is 22.2 Å². The van der Waals surface area contributed by atoms with Gasteiger partial charge in [-0.25, -0.2) is 17.8 Å². The normalized spacial score (nSPS) is 17.0. The second kappa shape index (κ2) is 8.61. The second-order valence-corrected chi connectivity index (χ2v) is 10.6. The fourth-order valence-corrected chi connectivity index (χ4v) is 6.21. The van der Waals surface area contributed by atoms with Crippen LogP contribution in [0.3, 0.4) is 0 Å². The lowest BCUT2D eigenvalue weighted by Gasteiger charge is -2.18. The third-order valence-corrected chi connectivity index (χ3v) is 7.86. The number of ether oxygens (including phenoxy) is 1. The van der Waals surface area contributed by atoms with Gasteiger partial charge in [0.25, 0.3) is 0 Å². The molecule has 1 saturated heterocycles. The fraction of sp³-hybridized carbons (Fsp3) is 0.174. The molecule has 1 aliphatic heterocycles. The minimum Gasteiger partial charge on any atom is -0.486 e. The molecule has 5 rings (SSSR count). The topological polar surface area (TPSA) is 75.3 Å². The van der Waals surface area contributed by atoms with Crippen LogP contribution < -0.4 is 4.74 Å². The quantitative estimate of drug-likeness (QED) is 0.387. The number of nitrogens with one attached hydrogen (secondary N) is 1. The molecule has 0 spiro atoms. The van der Waals surface area contributed by atoms with E-state index in [0.29, 0.717) is 12.0 Å². The van der Waals surface area contributed by atoms with Gasteiger partial charge in [0.1, 0.15) is 11.8 Å². The van der Waals surface area contributed by atoms with Crippen LogP contribution in [0, 0.1) is 5.82 Å². The second-order valence-electron chi connectivity index (χ2n) is 7.74. The van der Waals surface area contributed by atoms with Crippen LogP contribution in [-0.4, -0.2) is 41.9 Å². The summed E-state index contributed by atoms with van der Waals surface area (Å²) in [5.41, 5.74) is 2.27. The van der Waals surface area contributed by atoms with Gasteiger partial charge in [0, 0.05) is 34.4 Å². The molecule has 6 nitrogen and oxygen atoms in total. The summed E-state index contributed by atoms with van der Waals surface area (Å²) >= 11 is 11.9. The first-order valence-electron chi connectivity index (χ1n) is 10.2. The van der Waals surface area contributed by atoms with Crippen LogP contribution in [0.1, 0.15) is 6.42 Å². The molecule has 0 radical (unpaired) electrons. The maximum Gasteiger partial charge on any atom is 0.243 e. The van der Waals surface area contributed by atoms with E-state index in [1.165, 1.54) is 28.6 Å². The third kappa shape index (κ3) is 4.31. The highest BCUT2D eigenvalue weighted by atomic mass is 35.5.